The lowest BCUT2D eigenvalue weighted by Gasteiger charge is -2.32. The van der Waals surface area contributed by atoms with Gasteiger partial charge in [0.15, 0.2) is 0 Å². The zero-order chi connectivity index (χ0) is 22.3. The summed E-state index contributed by atoms with van der Waals surface area (Å²) in [4.78, 5) is 60.6. The molecule has 0 aromatic heterocycles. The van der Waals surface area contributed by atoms with Crippen LogP contribution >= 0.6 is 0 Å². The standard InChI is InChI=1S/C21H18O9/c1-13(22)12-21(20(27)28,30-19(26)15-10-6-3-7-11-15)16(17(23)24)29-18(25)14-8-4-2-5-9-14/h2-11,16H,12H2,1H3,(H,23,24)(H,27,28)/t16-,21+/m0/s1. The molecule has 0 fully saturated rings. The van der Waals surface area contributed by atoms with Gasteiger partial charge < -0.3 is 19.7 Å². The predicted octanol–water partition coefficient (Wildman–Crippen LogP) is 1.96. The number of carboxylic acids is 2. The highest BCUT2D eigenvalue weighted by Crippen LogP contribution is 2.28. The van der Waals surface area contributed by atoms with E-state index in [1.807, 2.05) is 0 Å². The van der Waals surface area contributed by atoms with Crippen molar-refractivity contribution in [1.82, 2.24) is 0 Å². The van der Waals surface area contributed by atoms with E-state index in [-0.39, 0.29) is 11.1 Å². The van der Waals surface area contributed by atoms with Crippen LogP contribution in [0.5, 0.6) is 0 Å². The molecule has 30 heavy (non-hydrogen) atoms. The average Bonchev–Trinajstić information content (AvgIpc) is 2.71. The molecular weight excluding hydrogens is 396 g/mol. The van der Waals surface area contributed by atoms with Crippen LogP contribution in [0.4, 0.5) is 0 Å². The van der Waals surface area contributed by atoms with Crippen LogP contribution in [0, 0.1) is 0 Å². The molecule has 9 nitrogen and oxygen atoms in total. The summed E-state index contributed by atoms with van der Waals surface area (Å²) in [6.07, 6.45) is -3.51. The quantitative estimate of drug-likeness (QED) is 0.588. The SMILES string of the molecule is CC(=O)C[C@](OC(=O)c1ccccc1)(C(=O)O)[C@@H](OC(=O)c1ccccc1)C(=O)O. The second kappa shape index (κ2) is 9.46. The maximum Gasteiger partial charge on any atom is 0.353 e. The molecule has 2 rings (SSSR count). The van der Waals surface area contributed by atoms with Crippen molar-refractivity contribution in [3.63, 3.8) is 0 Å². The third-order valence-electron chi connectivity index (χ3n) is 4.04. The highest BCUT2D eigenvalue weighted by atomic mass is 16.6. The van der Waals surface area contributed by atoms with Crippen molar-refractivity contribution in [1.29, 1.82) is 0 Å². The maximum absolute atomic E-state index is 12.5. The molecule has 0 heterocycles. The van der Waals surface area contributed by atoms with Crippen LogP contribution < -0.4 is 0 Å². The molecule has 2 atom stereocenters. The zero-order valence-electron chi connectivity index (χ0n) is 15.8. The number of hydrogen-bond donors (Lipinski definition) is 2. The third kappa shape index (κ3) is 5.07. The van der Waals surface area contributed by atoms with Gasteiger partial charge in [-0.1, -0.05) is 36.4 Å². The van der Waals surface area contributed by atoms with Gasteiger partial charge in [0, 0.05) is 0 Å². The molecule has 0 aliphatic rings. The van der Waals surface area contributed by atoms with E-state index in [1.165, 1.54) is 48.5 Å². The Morgan fingerprint density at radius 1 is 0.833 bits per heavy atom. The molecule has 0 saturated carbocycles. The van der Waals surface area contributed by atoms with Crippen molar-refractivity contribution in [3.05, 3.63) is 71.8 Å². The number of carbonyl (C=O) groups excluding carboxylic acids is 3. The van der Waals surface area contributed by atoms with E-state index in [4.69, 9.17) is 9.47 Å². The first kappa shape index (κ1) is 22.3. The van der Waals surface area contributed by atoms with Gasteiger partial charge in [0.1, 0.15) is 5.78 Å². The number of rotatable bonds is 9. The van der Waals surface area contributed by atoms with Gasteiger partial charge in [0.2, 0.25) is 6.10 Å². The smallest absolute Gasteiger partial charge is 0.353 e. The second-order valence-corrected chi connectivity index (χ2v) is 6.32. The molecule has 0 aliphatic carbocycles. The van der Waals surface area contributed by atoms with E-state index in [2.05, 4.69) is 0 Å². The molecule has 9 heteroatoms. The summed E-state index contributed by atoms with van der Waals surface area (Å²) in [7, 11) is 0. The van der Waals surface area contributed by atoms with Crippen LogP contribution in [0.25, 0.3) is 0 Å². The zero-order valence-corrected chi connectivity index (χ0v) is 15.8. The highest BCUT2D eigenvalue weighted by Gasteiger charge is 2.57. The Hall–Kier alpha value is -4.01. The van der Waals surface area contributed by atoms with Gasteiger partial charge in [-0.05, 0) is 31.2 Å². The molecular formula is C21H18O9. The lowest BCUT2D eigenvalue weighted by Crippen LogP contribution is -2.58. The fourth-order valence-corrected chi connectivity index (χ4v) is 2.68. The molecule has 156 valence electrons. The van der Waals surface area contributed by atoms with Crippen LogP contribution in [0.2, 0.25) is 0 Å². The molecule has 0 saturated heterocycles. The van der Waals surface area contributed by atoms with Crippen LogP contribution in [0.3, 0.4) is 0 Å². The van der Waals surface area contributed by atoms with Crippen LogP contribution in [-0.2, 0) is 23.9 Å². The Balaban J connectivity index is 2.49. The monoisotopic (exact) mass is 414 g/mol. The van der Waals surface area contributed by atoms with Gasteiger partial charge in [-0.25, -0.2) is 19.2 Å². The van der Waals surface area contributed by atoms with Crippen LogP contribution in [0.1, 0.15) is 34.1 Å². The van der Waals surface area contributed by atoms with Gasteiger partial charge >= 0.3 is 23.9 Å². The Kier molecular flexibility index (Phi) is 7.03. The summed E-state index contributed by atoms with van der Waals surface area (Å²) in [5.41, 5.74) is -3.11. The van der Waals surface area contributed by atoms with Gasteiger partial charge in [-0.3, -0.25) is 4.79 Å². The third-order valence-corrected chi connectivity index (χ3v) is 4.04. The lowest BCUT2D eigenvalue weighted by molar-refractivity contribution is -0.186. The van der Waals surface area contributed by atoms with Crippen LogP contribution in [-0.4, -0.2) is 51.6 Å². The summed E-state index contributed by atoms with van der Waals surface area (Å²) in [5.74, 6) is -6.99. The first-order chi connectivity index (χ1) is 14.2. The minimum atomic E-state index is -2.98. The van der Waals surface area contributed by atoms with E-state index < -0.39 is 47.8 Å². The van der Waals surface area contributed by atoms with E-state index >= 15 is 0 Å². The number of ketones is 1. The topological polar surface area (TPSA) is 144 Å². The largest absolute Gasteiger partial charge is 0.478 e. The Labute approximate surface area is 170 Å². The number of benzene rings is 2. The number of esters is 2. The molecule has 2 aromatic carbocycles. The number of hydrogen-bond acceptors (Lipinski definition) is 7. The van der Waals surface area contributed by atoms with Gasteiger partial charge in [0.05, 0.1) is 17.5 Å². The number of aliphatic carboxylic acids is 2. The molecule has 0 radical (unpaired) electrons. The fourth-order valence-electron chi connectivity index (χ4n) is 2.68. The first-order valence-electron chi connectivity index (χ1n) is 8.67. The van der Waals surface area contributed by atoms with Crippen molar-refractivity contribution < 1.29 is 43.7 Å². The number of carbonyl (C=O) groups is 5. The van der Waals surface area contributed by atoms with Crippen molar-refractivity contribution in [3.8, 4) is 0 Å². The van der Waals surface area contributed by atoms with Gasteiger partial charge in [-0.2, -0.15) is 0 Å². The molecule has 0 unspecified atom stereocenters. The minimum Gasteiger partial charge on any atom is -0.478 e. The first-order valence-corrected chi connectivity index (χ1v) is 8.67. The van der Waals surface area contributed by atoms with Crippen molar-refractivity contribution >= 4 is 29.7 Å². The summed E-state index contributed by atoms with van der Waals surface area (Å²) in [6, 6.07) is 14.4. The number of Topliss-reactive ketones (excluding diaryl/α,β-unsaturated/α-hetero) is 1. The lowest BCUT2D eigenvalue weighted by atomic mass is 9.90. The Bertz CT molecular complexity index is 953. The summed E-state index contributed by atoms with van der Waals surface area (Å²) in [6.45, 7) is 0.992. The molecule has 2 aromatic rings. The van der Waals surface area contributed by atoms with Crippen molar-refractivity contribution in [2.24, 2.45) is 0 Å². The average molecular weight is 414 g/mol. The van der Waals surface area contributed by atoms with Crippen LogP contribution in [0.15, 0.2) is 60.7 Å². The summed E-state index contributed by atoms with van der Waals surface area (Å²) >= 11 is 0. The van der Waals surface area contributed by atoms with E-state index in [1.54, 1.807) is 12.1 Å². The van der Waals surface area contributed by atoms with E-state index in [0.29, 0.717) is 0 Å². The predicted molar refractivity (Wildman–Crippen MR) is 101 cm³/mol. The molecule has 0 bridgehead atoms. The maximum atomic E-state index is 12.5. The number of ether oxygens (including phenoxy) is 2. The molecule has 0 spiro atoms. The van der Waals surface area contributed by atoms with E-state index in [9.17, 15) is 34.2 Å². The fraction of sp³-hybridized carbons (Fsp3) is 0.190. The summed E-state index contributed by atoms with van der Waals surface area (Å²) < 4.78 is 9.95. The minimum absolute atomic E-state index is 0.0553. The second-order valence-electron chi connectivity index (χ2n) is 6.32. The molecule has 2 N–H and O–H groups in total. The van der Waals surface area contributed by atoms with Gasteiger partial charge in [-0.15, -0.1) is 0 Å². The highest BCUT2D eigenvalue weighted by molar-refractivity contribution is 5.99. The number of carboxylic acid groups (broad SMARTS) is 2. The normalized spacial score (nSPS) is 13.4. The Morgan fingerprint density at radius 3 is 1.70 bits per heavy atom. The Morgan fingerprint density at radius 2 is 1.30 bits per heavy atom. The molecule has 0 aliphatic heterocycles. The van der Waals surface area contributed by atoms with E-state index in [0.717, 1.165) is 6.92 Å². The van der Waals surface area contributed by atoms with Crippen molar-refractivity contribution in [2.75, 3.05) is 0 Å². The summed E-state index contributed by atoms with van der Waals surface area (Å²) in [5, 5.41) is 19.4. The molecule has 0 amide bonds. The van der Waals surface area contributed by atoms with Gasteiger partial charge in [0.25, 0.3) is 5.60 Å². The van der Waals surface area contributed by atoms with Crippen molar-refractivity contribution in [2.45, 2.75) is 25.0 Å².